The first-order valence-electron chi connectivity index (χ1n) is 7.17. The first-order chi connectivity index (χ1) is 10.1. The normalized spacial score (nSPS) is 32.1. The van der Waals surface area contributed by atoms with Crippen molar-refractivity contribution in [1.29, 1.82) is 0 Å². The van der Waals surface area contributed by atoms with Crippen LogP contribution in [0.25, 0.3) is 0 Å². The maximum Gasteiger partial charge on any atom is 0.352 e. The summed E-state index contributed by atoms with van der Waals surface area (Å²) in [7, 11) is 0. The molecule has 3 atom stereocenters. The monoisotopic (exact) mass is 372 g/mol. The minimum atomic E-state index is -1.04. The maximum atomic E-state index is 12.3. The number of carbonyl (C=O) groups excluding carboxylic acids is 1. The third-order valence-corrected chi connectivity index (χ3v) is 6.58. The third-order valence-electron chi connectivity index (χ3n) is 4.06. The highest BCUT2D eigenvalue weighted by Crippen LogP contribution is 2.43. The second kappa shape index (κ2) is 6.12. The van der Waals surface area contributed by atoms with Crippen LogP contribution in [0.15, 0.2) is 16.8 Å². The van der Waals surface area contributed by atoms with Crippen molar-refractivity contribution in [3.63, 3.8) is 0 Å². The Hall–Kier alpha value is -0.820. The van der Waals surface area contributed by atoms with Crippen LogP contribution in [0.4, 0.5) is 0 Å². The van der Waals surface area contributed by atoms with Gasteiger partial charge in [-0.3, -0.25) is 14.7 Å². The number of hydrogen-bond acceptors (Lipinski definition) is 4. The Labute approximate surface area is 136 Å². The molecular weight excluding hydrogens is 356 g/mol. The maximum absolute atomic E-state index is 12.3. The quantitative estimate of drug-likeness (QED) is 0.609. The Kier molecular flexibility index (Phi) is 4.40. The largest absolute Gasteiger partial charge is 0.477 e. The third kappa shape index (κ3) is 2.77. The number of β-lactam (4-membered cyclic amide) rings is 1. The van der Waals surface area contributed by atoms with Gasteiger partial charge in [0.2, 0.25) is 0 Å². The number of nitrogens with zero attached hydrogens (tertiary/aromatic N) is 2. The number of amides is 1. The number of halogens is 1. The second-order valence-electron chi connectivity index (χ2n) is 5.49. The zero-order valence-corrected chi connectivity index (χ0v) is 13.9. The van der Waals surface area contributed by atoms with Gasteiger partial charge in [-0.15, -0.1) is 11.8 Å². The molecular formula is C14H17BrN2O3S. The average Bonchev–Trinajstić information content (AvgIpc) is 2.51. The molecule has 1 unspecified atom stereocenters. The van der Waals surface area contributed by atoms with Crippen LogP contribution in [0.2, 0.25) is 0 Å². The number of carboxylic acids is 1. The van der Waals surface area contributed by atoms with E-state index < -0.39 is 12.0 Å². The van der Waals surface area contributed by atoms with Crippen LogP contribution in [-0.4, -0.2) is 49.6 Å². The van der Waals surface area contributed by atoms with Crippen LogP contribution in [-0.2, 0) is 9.59 Å². The predicted octanol–water partition coefficient (Wildman–Crippen LogP) is 2.41. The van der Waals surface area contributed by atoms with Gasteiger partial charge in [-0.25, -0.2) is 4.79 Å². The van der Waals surface area contributed by atoms with Crippen LogP contribution < -0.4 is 0 Å². The van der Waals surface area contributed by atoms with Gasteiger partial charge in [0.05, 0.1) is 0 Å². The molecule has 2 aliphatic heterocycles. The molecule has 1 aliphatic carbocycles. The summed E-state index contributed by atoms with van der Waals surface area (Å²) in [5.41, 5.74) is 1.23. The van der Waals surface area contributed by atoms with Crippen LogP contribution in [0.1, 0.15) is 32.1 Å². The number of carboxylic acid groups (broad SMARTS) is 1. The zero-order chi connectivity index (χ0) is 15.0. The first kappa shape index (κ1) is 15.1. The molecule has 0 spiro atoms. The van der Waals surface area contributed by atoms with Crippen molar-refractivity contribution in [1.82, 2.24) is 4.90 Å². The van der Waals surface area contributed by atoms with Crippen molar-refractivity contribution in [2.75, 3.05) is 5.33 Å². The highest BCUT2D eigenvalue weighted by Gasteiger charge is 2.53. The Balaban J connectivity index is 1.81. The van der Waals surface area contributed by atoms with E-state index in [0.717, 1.165) is 31.4 Å². The SMILES string of the molecule is O=C(O)C1=CC(CBr)S[C@@H]2[C@H](N=C3CCCCC3)C(=O)N12. The van der Waals surface area contributed by atoms with E-state index in [0.29, 0.717) is 5.33 Å². The van der Waals surface area contributed by atoms with Crippen molar-refractivity contribution >= 4 is 45.3 Å². The summed E-state index contributed by atoms with van der Waals surface area (Å²) < 4.78 is 0. The Morgan fingerprint density at radius 2 is 2.14 bits per heavy atom. The van der Waals surface area contributed by atoms with Gasteiger partial charge in [-0.1, -0.05) is 22.4 Å². The number of fused-ring (bicyclic) bond motifs is 1. The van der Waals surface area contributed by atoms with Gasteiger partial charge in [0, 0.05) is 16.3 Å². The van der Waals surface area contributed by atoms with Crippen LogP contribution >= 0.6 is 27.7 Å². The van der Waals surface area contributed by atoms with E-state index in [1.807, 2.05) is 0 Å². The lowest BCUT2D eigenvalue weighted by molar-refractivity contribution is -0.147. The van der Waals surface area contributed by atoms with Gasteiger partial charge in [-0.05, 0) is 31.8 Å². The Bertz CT molecular complexity index is 526. The van der Waals surface area contributed by atoms with E-state index in [2.05, 4.69) is 20.9 Å². The van der Waals surface area contributed by atoms with Gasteiger partial charge < -0.3 is 5.11 Å². The van der Waals surface area contributed by atoms with Gasteiger partial charge in [-0.2, -0.15) is 0 Å². The molecule has 0 aromatic rings. The smallest absolute Gasteiger partial charge is 0.352 e. The number of alkyl halides is 1. The molecule has 5 nitrogen and oxygen atoms in total. The van der Waals surface area contributed by atoms with Crippen molar-refractivity contribution in [2.45, 2.75) is 48.8 Å². The van der Waals surface area contributed by atoms with Gasteiger partial charge in [0.1, 0.15) is 11.1 Å². The average molecular weight is 373 g/mol. The summed E-state index contributed by atoms with van der Waals surface area (Å²) in [6.07, 6.45) is 7.13. The predicted molar refractivity (Wildman–Crippen MR) is 85.8 cm³/mol. The number of hydrogen-bond donors (Lipinski definition) is 1. The summed E-state index contributed by atoms with van der Waals surface area (Å²) in [4.78, 5) is 29.6. The molecule has 0 aromatic carbocycles. The standard InChI is InChI=1S/C14H17BrN2O3S/c15-7-9-6-10(14(19)20)17-12(18)11(13(17)21-9)16-8-4-2-1-3-5-8/h6,9,11,13H,1-5,7H2,(H,19,20)/t9?,11-,13-/m1/s1. The molecule has 3 rings (SSSR count). The minimum absolute atomic E-state index is 0.0690. The summed E-state index contributed by atoms with van der Waals surface area (Å²) in [6, 6.07) is -0.396. The van der Waals surface area contributed by atoms with Crippen molar-refractivity contribution < 1.29 is 14.7 Å². The molecule has 0 radical (unpaired) electrons. The fourth-order valence-electron chi connectivity index (χ4n) is 2.97. The molecule has 2 heterocycles. The molecule has 114 valence electrons. The molecule has 0 bridgehead atoms. The van der Waals surface area contributed by atoms with Gasteiger partial charge >= 0.3 is 5.97 Å². The van der Waals surface area contributed by atoms with Gasteiger partial charge in [0.25, 0.3) is 5.91 Å². The highest BCUT2D eigenvalue weighted by molar-refractivity contribution is 9.09. The minimum Gasteiger partial charge on any atom is -0.477 e. The van der Waals surface area contributed by atoms with Crippen LogP contribution in [0.5, 0.6) is 0 Å². The van der Waals surface area contributed by atoms with E-state index >= 15 is 0 Å². The van der Waals surface area contributed by atoms with Gasteiger partial charge in [0.15, 0.2) is 6.04 Å². The number of thioether (sulfide) groups is 1. The number of rotatable bonds is 3. The Morgan fingerprint density at radius 1 is 1.43 bits per heavy atom. The Morgan fingerprint density at radius 3 is 2.76 bits per heavy atom. The van der Waals surface area contributed by atoms with E-state index in [1.165, 1.54) is 11.3 Å². The first-order valence-corrected chi connectivity index (χ1v) is 9.23. The number of carbonyl (C=O) groups is 2. The summed E-state index contributed by atoms with van der Waals surface area (Å²) in [5.74, 6) is -1.21. The van der Waals surface area contributed by atoms with E-state index in [4.69, 9.17) is 0 Å². The van der Waals surface area contributed by atoms with E-state index in [-0.39, 0.29) is 22.2 Å². The number of aliphatic imine (C=N–C) groups is 1. The lowest BCUT2D eigenvalue weighted by atomic mass is 9.97. The van der Waals surface area contributed by atoms with Crippen LogP contribution in [0, 0.1) is 0 Å². The van der Waals surface area contributed by atoms with E-state index in [1.54, 1.807) is 17.8 Å². The molecule has 2 fully saturated rings. The fourth-order valence-corrected chi connectivity index (χ4v) is 4.92. The summed E-state index contributed by atoms with van der Waals surface area (Å²) >= 11 is 5.01. The highest BCUT2D eigenvalue weighted by atomic mass is 79.9. The lowest BCUT2D eigenvalue weighted by Gasteiger charge is -2.48. The molecule has 1 saturated carbocycles. The molecule has 1 N–H and O–H groups in total. The lowest BCUT2D eigenvalue weighted by Crippen LogP contribution is -2.64. The second-order valence-corrected chi connectivity index (χ2v) is 7.49. The molecule has 1 saturated heterocycles. The van der Waals surface area contributed by atoms with Crippen LogP contribution in [0.3, 0.4) is 0 Å². The van der Waals surface area contributed by atoms with Crippen molar-refractivity contribution in [3.8, 4) is 0 Å². The number of aliphatic carboxylic acids is 1. The fraction of sp³-hybridized carbons (Fsp3) is 0.643. The topological polar surface area (TPSA) is 70.0 Å². The summed E-state index contributed by atoms with van der Waals surface area (Å²) in [6.45, 7) is 0. The van der Waals surface area contributed by atoms with Crippen molar-refractivity contribution in [3.05, 3.63) is 11.8 Å². The summed E-state index contributed by atoms with van der Waals surface area (Å²) in [5, 5.41) is 9.86. The van der Waals surface area contributed by atoms with E-state index in [9.17, 15) is 14.7 Å². The van der Waals surface area contributed by atoms with Crippen molar-refractivity contribution in [2.24, 2.45) is 4.99 Å². The molecule has 0 aromatic heterocycles. The molecule has 7 heteroatoms. The molecule has 1 amide bonds. The molecule has 3 aliphatic rings. The zero-order valence-electron chi connectivity index (χ0n) is 11.5. The molecule has 21 heavy (non-hydrogen) atoms.